The highest BCUT2D eigenvalue weighted by molar-refractivity contribution is 5.87. The van der Waals surface area contributed by atoms with Crippen molar-refractivity contribution < 1.29 is 4.79 Å². The van der Waals surface area contributed by atoms with Crippen molar-refractivity contribution in [2.75, 3.05) is 33.2 Å². The fourth-order valence-electron chi connectivity index (χ4n) is 1.18. The predicted octanol–water partition coefficient (Wildman–Crippen LogP) is 0.337. The van der Waals surface area contributed by atoms with Crippen LogP contribution in [0, 0.1) is 0 Å². The normalized spacial score (nSPS) is 20.3. The number of carbonyl (C=O) groups is 1. The van der Waals surface area contributed by atoms with E-state index in [4.69, 9.17) is 0 Å². The Hall–Kier alpha value is -0.830. The van der Waals surface area contributed by atoms with Gasteiger partial charge in [0.15, 0.2) is 5.78 Å². The lowest BCUT2D eigenvalue weighted by molar-refractivity contribution is -0.112. The van der Waals surface area contributed by atoms with Crippen molar-refractivity contribution in [1.82, 2.24) is 9.80 Å². The zero-order valence-electron chi connectivity index (χ0n) is 7.79. The number of carbonyl (C=O) groups excluding carboxylic acids is 1. The SMILES string of the molecule is CC(=O)C=CN1CCN(C)CC1. The first-order valence-corrected chi connectivity index (χ1v) is 4.30. The van der Waals surface area contributed by atoms with E-state index in [0.29, 0.717) is 0 Å². The molecule has 0 radical (unpaired) electrons. The third-order valence-electron chi connectivity index (χ3n) is 2.06. The largest absolute Gasteiger partial charge is 0.375 e. The molecule has 0 aromatic carbocycles. The predicted molar refractivity (Wildman–Crippen MR) is 48.9 cm³/mol. The molecule has 68 valence electrons. The van der Waals surface area contributed by atoms with Crippen molar-refractivity contribution in [2.45, 2.75) is 6.92 Å². The summed E-state index contributed by atoms with van der Waals surface area (Å²) in [6.07, 6.45) is 3.53. The van der Waals surface area contributed by atoms with Gasteiger partial charge in [-0.05, 0) is 20.0 Å². The van der Waals surface area contributed by atoms with Gasteiger partial charge in [-0.25, -0.2) is 0 Å². The molecule has 1 saturated heterocycles. The van der Waals surface area contributed by atoms with Crippen molar-refractivity contribution in [2.24, 2.45) is 0 Å². The van der Waals surface area contributed by atoms with Crippen LogP contribution in [0.1, 0.15) is 6.92 Å². The fourth-order valence-corrected chi connectivity index (χ4v) is 1.18. The molecule has 1 heterocycles. The van der Waals surface area contributed by atoms with E-state index in [9.17, 15) is 4.79 Å². The number of ketones is 1. The number of allylic oxidation sites excluding steroid dienone is 1. The number of hydrogen-bond donors (Lipinski definition) is 0. The van der Waals surface area contributed by atoms with Crippen LogP contribution < -0.4 is 0 Å². The molecule has 0 aliphatic carbocycles. The summed E-state index contributed by atoms with van der Waals surface area (Å²) in [5.74, 6) is 0.119. The first-order valence-electron chi connectivity index (χ1n) is 4.30. The average Bonchev–Trinajstić information content (AvgIpc) is 2.03. The molecule has 1 fully saturated rings. The minimum Gasteiger partial charge on any atom is -0.375 e. The summed E-state index contributed by atoms with van der Waals surface area (Å²) in [5, 5.41) is 0. The third-order valence-corrected chi connectivity index (χ3v) is 2.06. The summed E-state index contributed by atoms with van der Waals surface area (Å²) < 4.78 is 0. The van der Waals surface area contributed by atoms with Gasteiger partial charge in [0.1, 0.15) is 0 Å². The summed E-state index contributed by atoms with van der Waals surface area (Å²) in [5.41, 5.74) is 0. The van der Waals surface area contributed by atoms with Gasteiger partial charge in [0, 0.05) is 32.4 Å². The van der Waals surface area contributed by atoms with Gasteiger partial charge in [0.2, 0.25) is 0 Å². The van der Waals surface area contributed by atoms with Crippen LogP contribution in [0.4, 0.5) is 0 Å². The first kappa shape index (κ1) is 9.26. The van der Waals surface area contributed by atoms with E-state index in [1.807, 2.05) is 6.20 Å². The minimum atomic E-state index is 0.119. The van der Waals surface area contributed by atoms with E-state index in [-0.39, 0.29) is 5.78 Å². The molecule has 0 saturated carbocycles. The highest BCUT2D eigenvalue weighted by Crippen LogP contribution is 1.99. The lowest BCUT2D eigenvalue weighted by Crippen LogP contribution is -2.41. The van der Waals surface area contributed by atoms with E-state index in [2.05, 4.69) is 16.8 Å². The second-order valence-electron chi connectivity index (χ2n) is 3.27. The van der Waals surface area contributed by atoms with Crippen LogP contribution in [-0.4, -0.2) is 48.8 Å². The number of hydrogen-bond acceptors (Lipinski definition) is 3. The zero-order valence-corrected chi connectivity index (χ0v) is 7.79. The minimum absolute atomic E-state index is 0.119. The van der Waals surface area contributed by atoms with Crippen molar-refractivity contribution in [1.29, 1.82) is 0 Å². The zero-order chi connectivity index (χ0) is 8.97. The Bertz CT molecular complexity index is 181. The van der Waals surface area contributed by atoms with Gasteiger partial charge in [-0.1, -0.05) is 0 Å². The third kappa shape index (κ3) is 3.05. The Morgan fingerprint density at radius 2 is 1.83 bits per heavy atom. The fraction of sp³-hybridized carbons (Fsp3) is 0.667. The lowest BCUT2D eigenvalue weighted by Gasteiger charge is -2.31. The van der Waals surface area contributed by atoms with Crippen LogP contribution in [0.5, 0.6) is 0 Å². The molecule has 3 nitrogen and oxygen atoms in total. The maximum absolute atomic E-state index is 10.6. The topological polar surface area (TPSA) is 23.6 Å². The molecule has 0 spiro atoms. The van der Waals surface area contributed by atoms with Gasteiger partial charge in [-0.3, -0.25) is 4.79 Å². The molecule has 0 aromatic heterocycles. The molecule has 0 unspecified atom stereocenters. The molecule has 1 rings (SSSR count). The Kier molecular flexibility index (Phi) is 3.29. The first-order chi connectivity index (χ1) is 5.68. The molecular weight excluding hydrogens is 152 g/mol. The molecule has 0 N–H and O–H groups in total. The maximum Gasteiger partial charge on any atom is 0.154 e. The van der Waals surface area contributed by atoms with Crippen LogP contribution >= 0.6 is 0 Å². The second-order valence-corrected chi connectivity index (χ2v) is 3.27. The Morgan fingerprint density at radius 1 is 1.25 bits per heavy atom. The Labute approximate surface area is 73.6 Å². The summed E-state index contributed by atoms with van der Waals surface area (Å²) >= 11 is 0. The van der Waals surface area contributed by atoms with Crippen LogP contribution in [0.25, 0.3) is 0 Å². The molecule has 0 aromatic rings. The van der Waals surface area contributed by atoms with Gasteiger partial charge in [-0.2, -0.15) is 0 Å². The highest BCUT2D eigenvalue weighted by Gasteiger charge is 2.09. The van der Waals surface area contributed by atoms with Gasteiger partial charge in [0.05, 0.1) is 0 Å². The quantitative estimate of drug-likeness (QED) is 0.555. The van der Waals surface area contributed by atoms with E-state index >= 15 is 0 Å². The molecule has 0 atom stereocenters. The van der Waals surface area contributed by atoms with Crippen molar-refractivity contribution >= 4 is 5.78 Å². The standard InChI is InChI=1S/C9H16N2O/c1-9(12)3-4-11-7-5-10(2)6-8-11/h3-4H,5-8H2,1-2H3. The van der Waals surface area contributed by atoms with Crippen LogP contribution in [0.2, 0.25) is 0 Å². The van der Waals surface area contributed by atoms with Crippen LogP contribution in [0.3, 0.4) is 0 Å². The Balaban J connectivity index is 2.30. The van der Waals surface area contributed by atoms with E-state index in [1.54, 1.807) is 13.0 Å². The highest BCUT2D eigenvalue weighted by atomic mass is 16.1. The van der Waals surface area contributed by atoms with Gasteiger partial charge >= 0.3 is 0 Å². The van der Waals surface area contributed by atoms with Crippen molar-refractivity contribution in [3.63, 3.8) is 0 Å². The number of likely N-dealkylation sites (N-methyl/N-ethyl adjacent to an activating group) is 1. The van der Waals surface area contributed by atoms with Gasteiger partial charge in [-0.15, -0.1) is 0 Å². The van der Waals surface area contributed by atoms with Crippen molar-refractivity contribution in [3.8, 4) is 0 Å². The van der Waals surface area contributed by atoms with Crippen LogP contribution in [-0.2, 0) is 4.79 Å². The molecule has 1 aliphatic rings. The Morgan fingerprint density at radius 3 is 2.33 bits per heavy atom. The molecule has 0 amide bonds. The number of piperazine rings is 1. The van der Waals surface area contributed by atoms with E-state index < -0.39 is 0 Å². The number of nitrogens with zero attached hydrogens (tertiary/aromatic N) is 2. The monoisotopic (exact) mass is 168 g/mol. The molecular formula is C9H16N2O. The van der Waals surface area contributed by atoms with Gasteiger partial charge < -0.3 is 9.80 Å². The summed E-state index contributed by atoms with van der Waals surface area (Å²) in [4.78, 5) is 15.1. The summed E-state index contributed by atoms with van der Waals surface area (Å²) in [6.45, 7) is 5.80. The van der Waals surface area contributed by atoms with E-state index in [0.717, 1.165) is 26.2 Å². The van der Waals surface area contributed by atoms with Crippen molar-refractivity contribution in [3.05, 3.63) is 12.3 Å². The summed E-state index contributed by atoms with van der Waals surface area (Å²) in [7, 11) is 2.12. The molecule has 0 bridgehead atoms. The number of rotatable bonds is 2. The smallest absolute Gasteiger partial charge is 0.154 e. The van der Waals surface area contributed by atoms with Crippen LogP contribution in [0.15, 0.2) is 12.3 Å². The molecule has 12 heavy (non-hydrogen) atoms. The van der Waals surface area contributed by atoms with Gasteiger partial charge in [0.25, 0.3) is 0 Å². The maximum atomic E-state index is 10.6. The second kappa shape index (κ2) is 4.26. The van der Waals surface area contributed by atoms with E-state index in [1.165, 1.54) is 0 Å². The molecule has 3 heteroatoms. The summed E-state index contributed by atoms with van der Waals surface area (Å²) in [6, 6.07) is 0. The average molecular weight is 168 g/mol. The molecule has 1 aliphatic heterocycles. The lowest BCUT2D eigenvalue weighted by atomic mass is 10.3.